The Balaban J connectivity index is 0.753. The first-order chi connectivity index (χ1) is 38.9. The molecule has 4 aromatic rings. The van der Waals surface area contributed by atoms with Gasteiger partial charge in [0.05, 0.1) is 101 Å². The van der Waals surface area contributed by atoms with E-state index in [1.54, 1.807) is 51.0 Å². The van der Waals surface area contributed by atoms with E-state index in [0.717, 1.165) is 39.3 Å². The molecule has 2 N–H and O–H groups in total. The van der Waals surface area contributed by atoms with Gasteiger partial charge in [-0.2, -0.15) is 0 Å². The molecule has 18 nitrogen and oxygen atoms in total. The van der Waals surface area contributed by atoms with E-state index in [9.17, 15) is 19.2 Å². The molecule has 4 amide bonds. The highest BCUT2D eigenvalue weighted by Gasteiger charge is 2.35. The van der Waals surface area contributed by atoms with Crippen molar-refractivity contribution in [3.8, 4) is 29.1 Å². The summed E-state index contributed by atoms with van der Waals surface area (Å²) in [6, 6.07) is 18.4. The van der Waals surface area contributed by atoms with Crippen LogP contribution in [-0.4, -0.2) is 154 Å². The number of carbonyl (C=O) groups is 4. The lowest BCUT2D eigenvalue weighted by molar-refractivity contribution is -0.122. The van der Waals surface area contributed by atoms with Crippen molar-refractivity contribution in [2.45, 2.75) is 81.5 Å². The van der Waals surface area contributed by atoms with Crippen molar-refractivity contribution in [2.75, 3.05) is 86.1 Å². The van der Waals surface area contributed by atoms with Crippen molar-refractivity contribution in [3.63, 3.8) is 0 Å². The van der Waals surface area contributed by atoms with Gasteiger partial charge >= 0.3 is 0 Å². The van der Waals surface area contributed by atoms with E-state index in [1.165, 1.54) is 7.11 Å². The van der Waals surface area contributed by atoms with Crippen LogP contribution in [0.3, 0.4) is 0 Å². The van der Waals surface area contributed by atoms with Gasteiger partial charge in [-0.05, 0) is 96.1 Å². The molecular formula is C60H69N7O11S2. The highest BCUT2D eigenvalue weighted by Crippen LogP contribution is 2.40. The minimum Gasteiger partial charge on any atom is -0.493 e. The minimum atomic E-state index is -0.203. The van der Waals surface area contributed by atoms with Crippen LogP contribution in [-0.2, 0) is 41.8 Å². The zero-order valence-corrected chi connectivity index (χ0v) is 47.3. The summed E-state index contributed by atoms with van der Waals surface area (Å²) in [7, 11) is 4.86. The number of fused-ring (bicyclic) bond motifs is 4. The maximum absolute atomic E-state index is 13.6. The number of methoxy groups -OCH3 is 1. The molecule has 5 heterocycles. The van der Waals surface area contributed by atoms with Crippen LogP contribution >= 0.6 is 21.6 Å². The molecule has 1 aromatic heterocycles. The van der Waals surface area contributed by atoms with Gasteiger partial charge in [0, 0.05) is 74.0 Å². The van der Waals surface area contributed by atoms with E-state index in [2.05, 4.69) is 52.5 Å². The van der Waals surface area contributed by atoms with E-state index < -0.39 is 0 Å². The normalized spacial score (nSPS) is 16.4. The first-order valence-electron chi connectivity index (χ1n) is 26.8. The Bertz CT molecular complexity index is 3000. The third-order valence-corrected chi connectivity index (χ3v) is 16.1. The van der Waals surface area contributed by atoms with Gasteiger partial charge in [-0.1, -0.05) is 59.9 Å². The molecule has 0 spiro atoms. The molecule has 8 rings (SSSR count). The van der Waals surface area contributed by atoms with Crippen LogP contribution in [0.25, 0.3) is 0 Å². The smallest absolute Gasteiger partial charge is 0.257 e. The van der Waals surface area contributed by atoms with Crippen molar-refractivity contribution in [1.82, 2.24) is 25.4 Å². The molecule has 3 aromatic carbocycles. The van der Waals surface area contributed by atoms with Crippen molar-refractivity contribution in [1.29, 1.82) is 0 Å². The Labute approximate surface area is 475 Å². The molecule has 422 valence electrons. The average molecular weight is 1130 g/mol. The van der Waals surface area contributed by atoms with Gasteiger partial charge in [0.25, 0.3) is 11.8 Å². The second-order valence-electron chi connectivity index (χ2n) is 19.6. The SMILES string of the molecule is C=C1C[C@H]2C=Nc3cc(OCc4cc(C#CCNC(=O)CCOCCOCCOCCOCCNC(=O)CCC(C)SSc5ccccn5)cc(COc5cc6c(cc5OC)C(=O)N5CC(=C)C[C@H]5C=N6)c4)c(C)cc3C(=O)N2C1. The molecule has 80 heavy (non-hydrogen) atoms. The zero-order chi connectivity index (χ0) is 56.2. The number of carbonyl (C=O) groups excluding carboxylic acids is 4. The summed E-state index contributed by atoms with van der Waals surface area (Å²) in [4.78, 5) is 69.2. The van der Waals surface area contributed by atoms with Crippen LogP contribution in [0.15, 0.2) is 106 Å². The molecule has 0 saturated carbocycles. The van der Waals surface area contributed by atoms with E-state index in [-0.39, 0.29) is 68.5 Å². The molecule has 20 heteroatoms. The molecule has 4 aliphatic heterocycles. The van der Waals surface area contributed by atoms with Gasteiger partial charge in [0.15, 0.2) is 11.5 Å². The van der Waals surface area contributed by atoms with Crippen molar-refractivity contribution in [3.05, 3.63) is 125 Å². The number of hydrogen-bond acceptors (Lipinski definition) is 16. The Hall–Kier alpha value is -6.99. The second-order valence-corrected chi connectivity index (χ2v) is 22.2. The number of nitrogens with one attached hydrogen (secondary N) is 2. The van der Waals surface area contributed by atoms with Crippen molar-refractivity contribution >= 4 is 69.0 Å². The predicted molar refractivity (Wildman–Crippen MR) is 310 cm³/mol. The Morgan fingerprint density at radius 1 is 0.725 bits per heavy atom. The fourth-order valence-electron chi connectivity index (χ4n) is 9.11. The molecule has 0 radical (unpaired) electrons. The average Bonchev–Trinajstić information content (AvgIpc) is 3.97. The molecule has 2 saturated heterocycles. The summed E-state index contributed by atoms with van der Waals surface area (Å²) < 4.78 is 40.8. The lowest BCUT2D eigenvalue weighted by Crippen LogP contribution is -2.35. The molecular weight excluding hydrogens is 1060 g/mol. The van der Waals surface area contributed by atoms with E-state index in [0.29, 0.717) is 136 Å². The summed E-state index contributed by atoms with van der Waals surface area (Å²) in [6.07, 6.45) is 8.14. The van der Waals surface area contributed by atoms with Gasteiger partial charge in [-0.25, -0.2) is 4.98 Å². The van der Waals surface area contributed by atoms with E-state index in [4.69, 9.17) is 38.2 Å². The minimum absolute atomic E-state index is 0.0121. The van der Waals surface area contributed by atoms with Crippen LogP contribution in [0, 0.1) is 18.8 Å². The summed E-state index contributed by atoms with van der Waals surface area (Å²) >= 11 is 0. The number of aryl methyl sites for hydroxylation is 1. The van der Waals surface area contributed by atoms with Crippen LogP contribution in [0.4, 0.5) is 11.4 Å². The van der Waals surface area contributed by atoms with Gasteiger partial charge in [-0.3, -0.25) is 29.2 Å². The summed E-state index contributed by atoms with van der Waals surface area (Å²) in [5, 5.41) is 7.01. The van der Waals surface area contributed by atoms with Crippen molar-refractivity contribution < 1.29 is 52.3 Å². The van der Waals surface area contributed by atoms with Gasteiger partial charge in [0.2, 0.25) is 11.8 Å². The van der Waals surface area contributed by atoms with Crippen LogP contribution < -0.4 is 24.8 Å². The zero-order valence-electron chi connectivity index (χ0n) is 45.6. The third kappa shape index (κ3) is 17.3. The van der Waals surface area contributed by atoms with Gasteiger partial charge < -0.3 is 53.6 Å². The van der Waals surface area contributed by atoms with Crippen LogP contribution in [0.1, 0.15) is 82.0 Å². The molecule has 4 aliphatic rings. The predicted octanol–water partition coefficient (Wildman–Crippen LogP) is 8.18. The molecule has 0 bridgehead atoms. The standard InChI is InChI=1S/C60H69N7O11S2/c1-40-25-47-34-64-51-32-53(42(3)27-49(51)59(70)66(47)36-40)77-38-45-28-44(29-46(30-45)39-78-55-33-52-50(31-54(55)72-5)60(71)67-37-41(2)26-48(67)35-65-52)9-8-15-61-57(69)13-17-73-19-21-75-23-24-76-22-20-74-18-16-62-56(68)12-11-43(4)79-80-58-10-6-7-14-63-58/h6-7,10,14,27-35,43,47-48H,1-2,11-13,15-26,36-39H2,3-5H3,(H,61,69)(H,62,68)/t43?,47-,48-/m0/s1. The Kier molecular flexibility index (Phi) is 22.2. The van der Waals surface area contributed by atoms with Crippen LogP contribution in [0.5, 0.6) is 17.2 Å². The fourth-order valence-corrected chi connectivity index (χ4v) is 11.2. The summed E-state index contributed by atoms with van der Waals surface area (Å²) in [5.74, 6) is 7.24. The summed E-state index contributed by atoms with van der Waals surface area (Å²) in [5.41, 5.74) is 7.03. The number of pyridine rings is 1. The van der Waals surface area contributed by atoms with Gasteiger partial charge in [-0.15, -0.1) is 0 Å². The lowest BCUT2D eigenvalue weighted by atomic mass is 10.1. The highest BCUT2D eigenvalue weighted by molar-refractivity contribution is 8.76. The molecule has 1 unspecified atom stereocenters. The monoisotopic (exact) mass is 1130 g/mol. The quantitative estimate of drug-likeness (QED) is 0.0228. The highest BCUT2D eigenvalue weighted by atomic mass is 33.1. The number of amides is 4. The van der Waals surface area contributed by atoms with E-state index >= 15 is 0 Å². The molecule has 0 aliphatic carbocycles. The maximum Gasteiger partial charge on any atom is 0.257 e. The number of benzene rings is 3. The first kappa shape index (κ1) is 59.1. The summed E-state index contributed by atoms with van der Waals surface area (Å²) in [6.45, 7) is 16.9. The van der Waals surface area contributed by atoms with Gasteiger partial charge in [0.1, 0.15) is 24.0 Å². The number of nitrogens with zero attached hydrogens (tertiary/aromatic N) is 5. The molecule has 2 fully saturated rings. The largest absolute Gasteiger partial charge is 0.493 e. The number of ether oxygens (including phenoxy) is 7. The third-order valence-electron chi connectivity index (χ3n) is 13.2. The maximum atomic E-state index is 13.6. The number of rotatable bonds is 29. The number of hydrogen-bond donors (Lipinski definition) is 2. The lowest BCUT2D eigenvalue weighted by Gasteiger charge is -2.20. The topological polar surface area (TPSA) is 201 Å². The Morgan fingerprint density at radius 2 is 1.31 bits per heavy atom. The number of aromatic nitrogens is 1. The first-order valence-corrected chi connectivity index (χ1v) is 29.0. The van der Waals surface area contributed by atoms with Crippen LogP contribution in [0.2, 0.25) is 0 Å². The molecule has 3 atom stereocenters. The van der Waals surface area contributed by atoms with Crippen molar-refractivity contribution in [2.24, 2.45) is 9.98 Å². The van der Waals surface area contributed by atoms with E-state index in [1.807, 2.05) is 66.6 Å². The second kappa shape index (κ2) is 30.0. The number of aliphatic imine (C=N–C) groups is 2. The Morgan fingerprint density at radius 3 is 1.94 bits per heavy atom. The fraction of sp³-hybridized carbons (Fsp3) is 0.417.